The smallest absolute Gasteiger partial charge is 0.336 e. The zero-order chi connectivity index (χ0) is 23.7. The fourth-order valence-corrected chi connectivity index (χ4v) is 4.35. The number of carbonyl (C=O) groups excluding carboxylic acids is 2. The molecule has 3 rings (SSSR count). The number of nitrogens with one attached hydrogen (secondary N) is 1. The third-order valence-corrected chi connectivity index (χ3v) is 6.44. The number of fused-ring (bicyclic) bond motifs is 1. The second-order valence-corrected chi connectivity index (χ2v) is 9.75. The molecule has 6 heteroatoms. The topological polar surface area (TPSA) is 92.7 Å². The SMILES string of the molecule is CC(=O)OCC(NC(=O)c1ccccc1C(=O)O)c1ccc2c(c1)C(C)(C)CCC2(C)C. The van der Waals surface area contributed by atoms with Crippen molar-refractivity contribution in [1.82, 2.24) is 5.32 Å². The molecule has 0 saturated heterocycles. The Morgan fingerprint density at radius 2 is 1.56 bits per heavy atom. The molecule has 2 N–H and O–H groups in total. The molecule has 1 aliphatic rings. The molecule has 0 bridgehead atoms. The van der Waals surface area contributed by atoms with E-state index < -0.39 is 23.9 Å². The van der Waals surface area contributed by atoms with Crippen LogP contribution in [0.1, 0.15) is 90.9 Å². The van der Waals surface area contributed by atoms with Gasteiger partial charge in [-0.25, -0.2) is 4.79 Å². The van der Waals surface area contributed by atoms with Crippen molar-refractivity contribution in [3.8, 4) is 0 Å². The van der Waals surface area contributed by atoms with E-state index in [1.165, 1.54) is 30.2 Å². The molecule has 1 aliphatic carbocycles. The number of carboxylic acids is 1. The van der Waals surface area contributed by atoms with Gasteiger partial charge in [0.1, 0.15) is 6.61 Å². The monoisotopic (exact) mass is 437 g/mol. The predicted molar refractivity (Wildman–Crippen MR) is 122 cm³/mol. The minimum atomic E-state index is -1.18. The van der Waals surface area contributed by atoms with E-state index >= 15 is 0 Å². The highest BCUT2D eigenvalue weighted by molar-refractivity contribution is 6.04. The summed E-state index contributed by atoms with van der Waals surface area (Å²) in [4.78, 5) is 36.0. The lowest BCUT2D eigenvalue weighted by molar-refractivity contribution is -0.141. The number of rotatable bonds is 6. The normalized spacial score (nSPS) is 17.0. The first kappa shape index (κ1) is 23.5. The number of esters is 1. The van der Waals surface area contributed by atoms with Crippen molar-refractivity contribution in [3.63, 3.8) is 0 Å². The van der Waals surface area contributed by atoms with Gasteiger partial charge in [-0.1, -0.05) is 58.0 Å². The van der Waals surface area contributed by atoms with Gasteiger partial charge in [0.15, 0.2) is 0 Å². The van der Waals surface area contributed by atoms with Crippen LogP contribution in [0.3, 0.4) is 0 Å². The van der Waals surface area contributed by atoms with Crippen LogP contribution in [0.4, 0.5) is 0 Å². The van der Waals surface area contributed by atoms with Gasteiger partial charge in [0, 0.05) is 6.92 Å². The van der Waals surface area contributed by atoms with E-state index in [1.807, 2.05) is 6.07 Å². The summed E-state index contributed by atoms with van der Waals surface area (Å²) in [7, 11) is 0. The summed E-state index contributed by atoms with van der Waals surface area (Å²) in [6.07, 6.45) is 2.13. The Labute approximate surface area is 189 Å². The van der Waals surface area contributed by atoms with Crippen LogP contribution in [0.15, 0.2) is 42.5 Å². The fraction of sp³-hybridized carbons (Fsp3) is 0.423. The molecule has 170 valence electrons. The Balaban J connectivity index is 1.99. The van der Waals surface area contributed by atoms with Gasteiger partial charge in [-0.15, -0.1) is 0 Å². The summed E-state index contributed by atoms with van der Waals surface area (Å²) < 4.78 is 5.24. The molecule has 6 nitrogen and oxygen atoms in total. The van der Waals surface area contributed by atoms with E-state index in [0.29, 0.717) is 0 Å². The standard InChI is InChI=1S/C26H31NO5/c1-16(28)32-15-22(27-23(29)18-8-6-7-9-19(18)24(30)31)17-10-11-20-21(14-17)26(4,5)13-12-25(20,2)3/h6-11,14,22H,12-13,15H2,1-5H3,(H,27,29)(H,30,31). The zero-order valence-electron chi connectivity index (χ0n) is 19.3. The summed E-state index contributed by atoms with van der Waals surface area (Å²) in [5.41, 5.74) is 3.34. The third kappa shape index (κ3) is 4.85. The van der Waals surface area contributed by atoms with E-state index in [1.54, 1.807) is 12.1 Å². The Bertz CT molecular complexity index is 1050. The van der Waals surface area contributed by atoms with Gasteiger partial charge in [0.2, 0.25) is 0 Å². The summed E-state index contributed by atoms with van der Waals surface area (Å²) in [5.74, 6) is -2.16. The zero-order valence-corrected chi connectivity index (χ0v) is 19.3. The van der Waals surface area contributed by atoms with Gasteiger partial charge in [0.25, 0.3) is 5.91 Å². The molecule has 1 amide bonds. The molecule has 0 radical (unpaired) electrons. The first-order valence-electron chi connectivity index (χ1n) is 10.8. The van der Waals surface area contributed by atoms with Crippen LogP contribution >= 0.6 is 0 Å². The maximum Gasteiger partial charge on any atom is 0.336 e. The molecule has 0 aromatic heterocycles. The molecule has 0 aliphatic heterocycles. The Kier molecular flexibility index (Phi) is 6.44. The minimum absolute atomic E-state index is 0.0211. The maximum atomic E-state index is 13.0. The van der Waals surface area contributed by atoms with Gasteiger partial charge in [-0.3, -0.25) is 9.59 Å². The van der Waals surface area contributed by atoms with Gasteiger partial charge in [-0.2, -0.15) is 0 Å². The molecule has 0 fully saturated rings. The average molecular weight is 438 g/mol. The molecule has 0 spiro atoms. The number of ether oxygens (including phenoxy) is 1. The van der Waals surface area contributed by atoms with Crippen LogP contribution in [-0.2, 0) is 20.4 Å². The third-order valence-electron chi connectivity index (χ3n) is 6.44. The summed E-state index contributed by atoms with van der Waals surface area (Å²) >= 11 is 0. The molecular formula is C26H31NO5. The molecule has 1 atom stereocenters. The predicted octanol–water partition coefficient (Wildman–Crippen LogP) is 4.77. The van der Waals surface area contributed by atoms with Crippen molar-refractivity contribution in [3.05, 3.63) is 70.3 Å². The molecule has 1 unspecified atom stereocenters. The van der Waals surface area contributed by atoms with Crippen molar-refractivity contribution in [1.29, 1.82) is 0 Å². The lowest BCUT2D eigenvalue weighted by atomic mass is 9.63. The Morgan fingerprint density at radius 3 is 2.16 bits per heavy atom. The van der Waals surface area contributed by atoms with Crippen LogP contribution < -0.4 is 5.32 Å². The molecule has 2 aromatic rings. The lowest BCUT2D eigenvalue weighted by Gasteiger charge is -2.42. The van der Waals surface area contributed by atoms with Crippen molar-refractivity contribution in [2.75, 3.05) is 6.61 Å². The number of aromatic carboxylic acids is 1. The van der Waals surface area contributed by atoms with Gasteiger partial charge >= 0.3 is 11.9 Å². The number of amides is 1. The van der Waals surface area contributed by atoms with E-state index in [9.17, 15) is 19.5 Å². The molecular weight excluding hydrogens is 406 g/mol. The quantitative estimate of drug-likeness (QED) is 0.635. The first-order chi connectivity index (χ1) is 14.9. The van der Waals surface area contributed by atoms with E-state index in [0.717, 1.165) is 18.4 Å². The van der Waals surface area contributed by atoms with Crippen LogP contribution in [0, 0.1) is 0 Å². The number of carboxylic acid groups (broad SMARTS) is 1. The van der Waals surface area contributed by atoms with Crippen molar-refractivity contribution >= 4 is 17.8 Å². The van der Waals surface area contributed by atoms with Crippen LogP contribution in [0.25, 0.3) is 0 Å². The van der Waals surface area contributed by atoms with Crippen molar-refractivity contribution in [2.24, 2.45) is 0 Å². The Morgan fingerprint density at radius 1 is 0.969 bits per heavy atom. The second kappa shape index (κ2) is 8.77. The maximum absolute atomic E-state index is 13.0. The summed E-state index contributed by atoms with van der Waals surface area (Å²) in [6, 6.07) is 11.6. The van der Waals surface area contributed by atoms with Crippen molar-refractivity contribution in [2.45, 2.75) is 64.3 Å². The van der Waals surface area contributed by atoms with Crippen LogP contribution in [0.2, 0.25) is 0 Å². The molecule has 2 aromatic carbocycles. The van der Waals surface area contributed by atoms with Crippen LogP contribution in [-0.4, -0.2) is 29.6 Å². The molecule has 0 heterocycles. The summed E-state index contributed by atoms with van der Waals surface area (Å²) in [6.45, 7) is 10.2. The van der Waals surface area contributed by atoms with Gasteiger partial charge in [0.05, 0.1) is 17.2 Å². The molecule has 32 heavy (non-hydrogen) atoms. The first-order valence-corrected chi connectivity index (χ1v) is 10.8. The van der Waals surface area contributed by atoms with Crippen molar-refractivity contribution < 1.29 is 24.2 Å². The highest BCUT2D eigenvalue weighted by Gasteiger charge is 2.37. The minimum Gasteiger partial charge on any atom is -0.478 e. The van der Waals surface area contributed by atoms with Gasteiger partial charge < -0.3 is 15.2 Å². The number of carbonyl (C=O) groups is 3. The second-order valence-electron chi connectivity index (χ2n) is 9.75. The molecule has 0 saturated carbocycles. The van der Waals surface area contributed by atoms with Gasteiger partial charge in [-0.05, 0) is 52.5 Å². The highest BCUT2D eigenvalue weighted by atomic mass is 16.5. The Hall–Kier alpha value is -3.15. The highest BCUT2D eigenvalue weighted by Crippen LogP contribution is 2.46. The summed E-state index contributed by atoms with van der Waals surface area (Å²) in [5, 5.41) is 12.3. The largest absolute Gasteiger partial charge is 0.478 e. The number of benzene rings is 2. The number of hydrogen-bond donors (Lipinski definition) is 2. The lowest BCUT2D eigenvalue weighted by Crippen LogP contribution is -2.36. The average Bonchev–Trinajstić information content (AvgIpc) is 2.74. The van der Waals surface area contributed by atoms with E-state index in [-0.39, 0.29) is 28.6 Å². The van der Waals surface area contributed by atoms with E-state index in [4.69, 9.17) is 4.74 Å². The number of hydrogen-bond acceptors (Lipinski definition) is 4. The fourth-order valence-electron chi connectivity index (χ4n) is 4.35. The van der Waals surface area contributed by atoms with Crippen LogP contribution in [0.5, 0.6) is 0 Å². The van der Waals surface area contributed by atoms with E-state index in [2.05, 4.69) is 45.1 Å².